The molecule has 0 aliphatic carbocycles. The summed E-state index contributed by atoms with van der Waals surface area (Å²) in [6.45, 7) is 5.42. The van der Waals surface area contributed by atoms with Crippen LogP contribution >= 0.6 is 0 Å². The second-order valence-corrected chi connectivity index (χ2v) is 3.25. The number of carboxylic acids is 1. The van der Waals surface area contributed by atoms with Crippen molar-refractivity contribution in [1.82, 2.24) is 0 Å². The van der Waals surface area contributed by atoms with E-state index in [4.69, 9.17) is 9.84 Å². The van der Waals surface area contributed by atoms with E-state index in [1.54, 1.807) is 43.3 Å². The Balaban J connectivity index is 2.84. The third-order valence-electron chi connectivity index (χ3n) is 1.97. The summed E-state index contributed by atoms with van der Waals surface area (Å²) in [6.07, 6.45) is 4.81. The van der Waals surface area contributed by atoms with Gasteiger partial charge in [0.25, 0.3) is 0 Å². The van der Waals surface area contributed by atoms with Crippen LogP contribution in [0, 0.1) is 0 Å². The lowest BCUT2D eigenvalue weighted by Gasteiger charge is -2.08. The Hall–Kier alpha value is -2.29. The number of ether oxygens (including phenoxy) is 1. The number of carboxylic acid groups (broad SMARTS) is 1. The highest BCUT2D eigenvalue weighted by molar-refractivity contribution is 5.91. The average Bonchev–Trinajstić information content (AvgIpc) is 2.30. The second-order valence-electron chi connectivity index (χ2n) is 3.25. The molecule has 88 valence electrons. The van der Waals surface area contributed by atoms with Gasteiger partial charge in [-0.1, -0.05) is 36.9 Å². The molecule has 0 heterocycles. The van der Waals surface area contributed by atoms with Gasteiger partial charge in [-0.2, -0.15) is 0 Å². The molecule has 1 aromatic carbocycles. The van der Waals surface area contributed by atoms with Gasteiger partial charge >= 0.3 is 5.97 Å². The number of carbonyl (C=O) groups is 1. The Morgan fingerprint density at radius 3 is 2.53 bits per heavy atom. The summed E-state index contributed by atoms with van der Waals surface area (Å²) in [5.41, 5.74) is 0.0342. The standard InChI is InChI=1S/C14H14O3/c1-3-4-10-13(14(15)16)11(2)17-12-8-6-5-7-9-12/h3-10H,2H2,1H3,(H,15,16)/b4-3-,13-10+. The summed E-state index contributed by atoms with van der Waals surface area (Å²) in [5, 5.41) is 9.01. The van der Waals surface area contributed by atoms with E-state index < -0.39 is 5.97 Å². The van der Waals surface area contributed by atoms with Gasteiger partial charge in [0.15, 0.2) is 0 Å². The summed E-state index contributed by atoms with van der Waals surface area (Å²) in [5.74, 6) is -0.393. The molecule has 3 heteroatoms. The summed E-state index contributed by atoms with van der Waals surface area (Å²) >= 11 is 0. The van der Waals surface area contributed by atoms with Crippen LogP contribution in [0.5, 0.6) is 5.75 Å². The maximum Gasteiger partial charge on any atom is 0.339 e. The van der Waals surface area contributed by atoms with Crippen molar-refractivity contribution >= 4 is 5.97 Å². The van der Waals surface area contributed by atoms with Crippen LogP contribution in [0.15, 0.2) is 66.5 Å². The molecule has 0 saturated carbocycles. The minimum absolute atomic E-state index is 0.0342. The molecule has 0 bridgehead atoms. The van der Waals surface area contributed by atoms with Crippen molar-refractivity contribution in [2.45, 2.75) is 6.92 Å². The van der Waals surface area contributed by atoms with E-state index in [2.05, 4.69) is 6.58 Å². The number of benzene rings is 1. The summed E-state index contributed by atoms with van der Waals surface area (Å²) in [4.78, 5) is 11.0. The molecule has 0 saturated heterocycles. The minimum atomic E-state index is -1.07. The van der Waals surface area contributed by atoms with Gasteiger partial charge in [0, 0.05) is 0 Å². The van der Waals surface area contributed by atoms with Crippen molar-refractivity contribution < 1.29 is 14.6 Å². The van der Waals surface area contributed by atoms with E-state index >= 15 is 0 Å². The van der Waals surface area contributed by atoms with E-state index in [0.717, 1.165) is 0 Å². The zero-order valence-electron chi connectivity index (χ0n) is 9.59. The predicted molar refractivity (Wildman–Crippen MR) is 66.7 cm³/mol. The van der Waals surface area contributed by atoms with Crippen LogP contribution in [-0.4, -0.2) is 11.1 Å². The number of hydrogen-bond acceptors (Lipinski definition) is 2. The lowest BCUT2D eigenvalue weighted by atomic mass is 10.2. The van der Waals surface area contributed by atoms with E-state index in [-0.39, 0.29) is 11.3 Å². The molecule has 0 atom stereocenters. The smallest absolute Gasteiger partial charge is 0.339 e. The van der Waals surface area contributed by atoms with Crippen LogP contribution in [0.25, 0.3) is 0 Å². The van der Waals surface area contributed by atoms with Crippen LogP contribution in [-0.2, 0) is 4.79 Å². The van der Waals surface area contributed by atoms with Crippen molar-refractivity contribution in [3.8, 4) is 5.75 Å². The fraction of sp³-hybridized carbons (Fsp3) is 0.0714. The highest BCUT2D eigenvalue weighted by atomic mass is 16.5. The summed E-state index contributed by atoms with van der Waals surface area (Å²) < 4.78 is 5.36. The van der Waals surface area contributed by atoms with Crippen molar-refractivity contribution in [3.05, 3.63) is 66.5 Å². The van der Waals surface area contributed by atoms with Crippen LogP contribution in [0.4, 0.5) is 0 Å². The van der Waals surface area contributed by atoms with Gasteiger partial charge in [0.05, 0.1) is 0 Å². The van der Waals surface area contributed by atoms with E-state index in [1.165, 1.54) is 6.08 Å². The van der Waals surface area contributed by atoms with Gasteiger partial charge in [-0.25, -0.2) is 4.79 Å². The number of para-hydroxylation sites is 1. The van der Waals surface area contributed by atoms with Crippen LogP contribution in [0.3, 0.4) is 0 Å². The highest BCUT2D eigenvalue weighted by Crippen LogP contribution is 2.17. The Morgan fingerprint density at radius 1 is 1.35 bits per heavy atom. The Labute approximate surface area is 100 Å². The molecule has 0 unspecified atom stereocenters. The predicted octanol–water partition coefficient (Wildman–Crippen LogP) is 3.17. The topological polar surface area (TPSA) is 46.5 Å². The van der Waals surface area contributed by atoms with Crippen LogP contribution < -0.4 is 4.74 Å². The first kappa shape index (κ1) is 12.8. The zero-order valence-corrected chi connectivity index (χ0v) is 9.59. The molecule has 0 amide bonds. The van der Waals surface area contributed by atoms with Crippen molar-refractivity contribution in [3.63, 3.8) is 0 Å². The van der Waals surface area contributed by atoms with Gasteiger partial charge in [0.1, 0.15) is 17.1 Å². The highest BCUT2D eigenvalue weighted by Gasteiger charge is 2.12. The maximum atomic E-state index is 11.0. The Kier molecular flexibility index (Phi) is 4.76. The fourth-order valence-corrected chi connectivity index (χ4v) is 1.16. The quantitative estimate of drug-likeness (QED) is 0.480. The largest absolute Gasteiger partial charge is 0.478 e. The van der Waals surface area contributed by atoms with Crippen molar-refractivity contribution in [2.24, 2.45) is 0 Å². The van der Waals surface area contributed by atoms with Crippen molar-refractivity contribution in [2.75, 3.05) is 0 Å². The maximum absolute atomic E-state index is 11.0. The molecule has 17 heavy (non-hydrogen) atoms. The summed E-state index contributed by atoms with van der Waals surface area (Å²) in [6, 6.07) is 8.93. The van der Waals surface area contributed by atoms with E-state index in [0.29, 0.717) is 5.75 Å². The lowest BCUT2D eigenvalue weighted by Crippen LogP contribution is -2.07. The molecule has 1 rings (SSSR count). The number of aliphatic carboxylic acids is 1. The Morgan fingerprint density at radius 2 is 2.00 bits per heavy atom. The minimum Gasteiger partial charge on any atom is -0.478 e. The third kappa shape index (κ3) is 3.99. The molecule has 0 aromatic heterocycles. The first-order chi connectivity index (χ1) is 8.15. The van der Waals surface area contributed by atoms with Gasteiger partial charge in [-0.15, -0.1) is 0 Å². The van der Waals surface area contributed by atoms with Crippen LogP contribution in [0.2, 0.25) is 0 Å². The SMILES string of the molecule is C=C(Oc1ccccc1)/C(=C\C=C/C)C(=O)O. The molecular weight excluding hydrogens is 216 g/mol. The average molecular weight is 230 g/mol. The first-order valence-corrected chi connectivity index (χ1v) is 5.13. The normalized spacial score (nSPS) is 11.5. The molecule has 1 aromatic rings. The monoisotopic (exact) mass is 230 g/mol. The van der Waals surface area contributed by atoms with E-state index in [1.807, 2.05) is 6.07 Å². The molecule has 0 radical (unpaired) electrons. The molecule has 0 aliphatic heterocycles. The fourth-order valence-electron chi connectivity index (χ4n) is 1.16. The van der Waals surface area contributed by atoms with Gasteiger partial charge in [-0.05, 0) is 25.1 Å². The molecule has 1 N–H and O–H groups in total. The Bertz CT molecular complexity index is 456. The molecule has 0 fully saturated rings. The number of allylic oxidation sites excluding steroid dienone is 3. The molecule has 0 aliphatic rings. The summed E-state index contributed by atoms with van der Waals surface area (Å²) in [7, 11) is 0. The van der Waals surface area contributed by atoms with Crippen molar-refractivity contribution in [1.29, 1.82) is 0 Å². The van der Waals surface area contributed by atoms with Gasteiger partial charge in [0.2, 0.25) is 0 Å². The molecular formula is C14H14O3. The number of hydrogen-bond donors (Lipinski definition) is 1. The lowest BCUT2D eigenvalue weighted by molar-refractivity contribution is -0.132. The van der Waals surface area contributed by atoms with E-state index in [9.17, 15) is 4.79 Å². The zero-order chi connectivity index (χ0) is 12.7. The molecule has 0 spiro atoms. The van der Waals surface area contributed by atoms with Gasteiger partial charge < -0.3 is 9.84 Å². The number of rotatable bonds is 5. The van der Waals surface area contributed by atoms with Crippen LogP contribution in [0.1, 0.15) is 6.92 Å². The first-order valence-electron chi connectivity index (χ1n) is 5.13. The second kappa shape index (κ2) is 6.33. The van der Waals surface area contributed by atoms with Gasteiger partial charge in [-0.3, -0.25) is 0 Å². The molecule has 3 nitrogen and oxygen atoms in total. The third-order valence-corrected chi connectivity index (χ3v) is 1.97.